The highest BCUT2D eigenvalue weighted by Crippen LogP contribution is 2.33. The molecule has 7 nitrogen and oxygen atoms in total. The zero-order valence-electron chi connectivity index (χ0n) is 18.0. The molecule has 164 valence electrons. The number of Topliss-reactive ketones (excluding diaryl/α,β-unsaturated/α-hetero) is 3. The molecule has 3 aromatic rings. The minimum absolute atomic E-state index is 0.175. The third kappa shape index (κ3) is 4.83. The van der Waals surface area contributed by atoms with Crippen molar-refractivity contribution < 1.29 is 28.8 Å². The van der Waals surface area contributed by atoms with Crippen LogP contribution in [0.15, 0.2) is 76.7 Å². The van der Waals surface area contributed by atoms with Crippen molar-refractivity contribution in [1.82, 2.24) is 5.16 Å². The molecule has 7 heteroatoms. The Hall–Kier alpha value is -4.00. The fourth-order valence-corrected chi connectivity index (χ4v) is 3.45. The number of benzene rings is 2. The van der Waals surface area contributed by atoms with Crippen LogP contribution in [0.25, 0.3) is 11.3 Å². The molecule has 0 saturated heterocycles. The molecule has 0 saturated carbocycles. The second-order valence-corrected chi connectivity index (χ2v) is 7.29. The van der Waals surface area contributed by atoms with Gasteiger partial charge in [-0.15, -0.1) is 0 Å². The average Bonchev–Trinajstić information content (AvgIpc) is 3.34. The van der Waals surface area contributed by atoms with Crippen LogP contribution in [0.4, 0.5) is 0 Å². The molecule has 0 spiro atoms. The first kappa shape index (κ1) is 22.7. The summed E-state index contributed by atoms with van der Waals surface area (Å²) in [5, 5.41) is 14.3. The zero-order chi connectivity index (χ0) is 23.3. The van der Waals surface area contributed by atoms with Crippen LogP contribution >= 0.6 is 0 Å². The summed E-state index contributed by atoms with van der Waals surface area (Å²) in [6.07, 6.45) is 1.29. The molecule has 1 atom stereocenters. The van der Waals surface area contributed by atoms with Crippen LogP contribution in [0.1, 0.15) is 30.9 Å². The number of para-hydroxylation sites is 1. The Balaban J connectivity index is 1.87. The van der Waals surface area contributed by atoms with Crippen molar-refractivity contribution in [3.05, 3.63) is 83.3 Å². The van der Waals surface area contributed by atoms with E-state index < -0.39 is 29.0 Å². The Bertz CT molecular complexity index is 1160. The van der Waals surface area contributed by atoms with Crippen LogP contribution in [0.3, 0.4) is 0 Å². The molecule has 1 N–H and O–H groups in total. The fraction of sp³-hybridized carbons (Fsp3) is 0.200. The summed E-state index contributed by atoms with van der Waals surface area (Å²) in [5.74, 6) is -3.30. The van der Waals surface area contributed by atoms with E-state index in [1.165, 1.54) is 13.4 Å². The van der Waals surface area contributed by atoms with E-state index in [4.69, 9.17) is 9.26 Å². The molecule has 3 rings (SSSR count). The first-order valence-corrected chi connectivity index (χ1v) is 9.97. The number of rotatable bonds is 9. The largest absolute Gasteiger partial charge is 0.504 e. The van der Waals surface area contributed by atoms with Gasteiger partial charge in [0.25, 0.3) is 0 Å². The molecule has 1 unspecified atom stereocenters. The summed E-state index contributed by atoms with van der Waals surface area (Å²) in [7, 11) is 1.48. The summed E-state index contributed by atoms with van der Waals surface area (Å²) in [6.45, 7) is 2.79. The SMILES string of the molecule is COc1ccccc1C(C)C(C(=O)C(=O)Cc1ccc(-c2ccon2)cc1)=C(O)C(C)=O. The molecule has 1 heterocycles. The van der Waals surface area contributed by atoms with Gasteiger partial charge < -0.3 is 14.4 Å². The van der Waals surface area contributed by atoms with Crippen LogP contribution in [-0.4, -0.2) is 34.7 Å². The minimum Gasteiger partial charge on any atom is -0.504 e. The number of methoxy groups -OCH3 is 1. The van der Waals surface area contributed by atoms with E-state index in [0.717, 1.165) is 12.5 Å². The first-order valence-electron chi connectivity index (χ1n) is 9.97. The lowest BCUT2D eigenvalue weighted by Crippen LogP contribution is -2.24. The van der Waals surface area contributed by atoms with E-state index in [1.54, 1.807) is 61.5 Å². The molecule has 0 fully saturated rings. The van der Waals surface area contributed by atoms with Gasteiger partial charge in [-0.3, -0.25) is 14.4 Å². The molecule has 0 aliphatic rings. The van der Waals surface area contributed by atoms with Gasteiger partial charge in [0.05, 0.1) is 12.7 Å². The third-order valence-corrected chi connectivity index (χ3v) is 5.18. The van der Waals surface area contributed by atoms with E-state index in [9.17, 15) is 19.5 Å². The van der Waals surface area contributed by atoms with Crippen molar-refractivity contribution in [3.8, 4) is 17.0 Å². The van der Waals surface area contributed by atoms with Crippen LogP contribution < -0.4 is 4.74 Å². The minimum atomic E-state index is -0.906. The number of aliphatic hydroxyl groups excluding tert-OH is 1. The monoisotopic (exact) mass is 433 g/mol. The Morgan fingerprint density at radius 2 is 1.75 bits per heavy atom. The van der Waals surface area contributed by atoms with Gasteiger partial charge >= 0.3 is 0 Å². The van der Waals surface area contributed by atoms with Crippen molar-refractivity contribution in [1.29, 1.82) is 0 Å². The molecular weight excluding hydrogens is 410 g/mol. The molecule has 2 aromatic carbocycles. The van der Waals surface area contributed by atoms with Gasteiger partial charge in [0.2, 0.25) is 11.6 Å². The second-order valence-electron chi connectivity index (χ2n) is 7.29. The van der Waals surface area contributed by atoms with Gasteiger partial charge in [0.1, 0.15) is 17.7 Å². The van der Waals surface area contributed by atoms with Crippen LogP contribution in [0.5, 0.6) is 5.75 Å². The molecule has 0 amide bonds. The fourth-order valence-electron chi connectivity index (χ4n) is 3.45. The molecule has 32 heavy (non-hydrogen) atoms. The van der Waals surface area contributed by atoms with Crippen molar-refractivity contribution in [3.63, 3.8) is 0 Å². The van der Waals surface area contributed by atoms with Crippen LogP contribution in [0, 0.1) is 0 Å². The molecule has 0 radical (unpaired) electrons. The number of carbonyl (C=O) groups excluding carboxylic acids is 3. The number of hydrogen-bond donors (Lipinski definition) is 1. The second kappa shape index (κ2) is 9.87. The Morgan fingerprint density at radius 3 is 2.34 bits per heavy atom. The maximum absolute atomic E-state index is 13.1. The van der Waals surface area contributed by atoms with E-state index in [-0.39, 0.29) is 12.0 Å². The first-order chi connectivity index (χ1) is 15.3. The molecule has 0 aliphatic carbocycles. The van der Waals surface area contributed by atoms with Gasteiger partial charge in [-0.1, -0.05) is 54.5 Å². The smallest absolute Gasteiger partial charge is 0.229 e. The Kier molecular flexibility index (Phi) is 7.00. The normalized spacial score (nSPS) is 12.6. The number of aromatic nitrogens is 1. The number of aliphatic hydroxyl groups is 1. The predicted octanol–water partition coefficient (Wildman–Crippen LogP) is 4.24. The Morgan fingerprint density at radius 1 is 1.06 bits per heavy atom. The maximum atomic E-state index is 13.1. The average molecular weight is 433 g/mol. The number of allylic oxidation sites excluding steroid dienone is 2. The number of ether oxygens (including phenoxy) is 1. The van der Waals surface area contributed by atoms with E-state index in [2.05, 4.69) is 5.16 Å². The highest BCUT2D eigenvalue weighted by atomic mass is 16.5. The third-order valence-electron chi connectivity index (χ3n) is 5.18. The summed E-state index contributed by atoms with van der Waals surface area (Å²) < 4.78 is 10.2. The summed E-state index contributed by atoms with van der Waals surface area (Å²) in [5.41, 5.74) is 2.41. The van der Waals surface area contributed by atoms with E-state index >= 15 is 0 Å². The highest BCUT2D eigenvalue weighted by Gasteiger charge is 2.31. The standard InChI is InChI=1S/C25H23NO6/c1-15(19-6-4-5-7-22(19)31-3)23(24(29)16(2)27)25(30)21(28)14-17-8-10-18(11-9-17)20-12-13-32-26-20/h4-13,15,29H,14H2,1-3H3. The summed E-state index contributed by atoms with van der Waals surface area (Å²) in [4.78, 5) is 37.8. The maximum Gasteiger partial charge on any atom is 0.229 e. The van der Waals surface area contributed by atoms with Gasteiger partial charge in [-0.2, -0.15) is 0 Å². The van der Waals surface area contributed by atoms with Crippen molar-refractivity contribution in [2.24, 2.45) is 0 Å². The number of nitrogens with zero attached hydrogens (tertiary/aromatic N) is 1. The molecule has 0 bridgehead atoms. The van der Waals surface area contributed by atoms with Crippen LogP contribution in [-0.2, 0) is 20.8 Å². The van der Waals surface area contributed by atoms with Gasteiger partial charge in [0, 0.05) is 36.5 Å². The lowest BCUT2D eigenvalue weighted by Gasteiger charge is -2.19. The number of carbonyl (C=O) groups is 3. The van der Waals surface area contributed by atoms with Crippen LogP contribution in [0.2, 0.25) is 0 Å². The molecule has 0 aliphatic heterocycles. The van der Waals surface area contributed by atoms with Gasteiger partial charge in [0.15, 0.2) is 11.5 Å². The van der Waals surface area contributed by atoms with Gasteiger partial charge in [-0.05, 0) is 11.6 Å². The van der Waals surface area contributed by atoms with E-state index in [1.807, 2.05) is 0 Å². The lowest BCUT2D eigenvalue weighted by atomic mass is 9.85. The predicted molar refractivity (Wildman–Crippen MR) is 117 cm³/mol. The Labute approximate surface area is 185 Å². The van der Waals surface area contributed by atoms with Crippen molar-refractivity contribution >= 4 is 17.3 Å². The van der Waals surface area contributed by atoms with Crippen molar-refractivity contribution in [2.75, 3.05) is 7.11 Å². The number of hydrogen-bond acceptors (Lipinski definition) is 7. The zero-order valence-corrected chi connectivity index (χ0v) is 18.0. The topological polar surface area (TPSA) is 107 Å². The summed E-state index contributed by atoms with van der Waals surface area (Å²) >= 11 is 0. The van der Waals surface area contributed by atoms with Crippen molar-refractivity contribution in [2.45, 2.75) is 26.2 Å². The molecule has 1 aromatic heterocycles. The van der Waals surface area contributed by atoms with E-state index in [0.29, 0.717) is 22.6 Å². The number of ketones is 3. The molecular formula is C25H23NO6. The summed E-state index contributed by atoms with van der Waals surface area (Å²) in [6, 6.07) is 15.6. The van der Waals surface area contributed by atoms with Gasteiger partial charge in [-0.25, -0.2) is 0 Å². The highest BCUT2D eigenvalue weighted by molar-refractivity contribution is 6.45. The quantitative estimate of drug-likeness (QED) is 0.306. The lowest BCUT2D eigenvalue weighted by molar-refractivity contribution is -0.134.